The van der Waals surface area contributed by atoms with Gasteiger partial charge in [0.2, 0.25) is 0 Å². The number of halogens is 1. The maximum atomic E-state index is 13.0. The average molecular weight is 488 g/mol. The van der Waals surface area contributed by atoms with Crippen molar-refractivity contribution in [1.82, 2.24) is 4.90 Å². The second-order valence-corrected chi connectivity index (χ2v) is 9.33. The van der Waals surface area contributed by atoms with Crippen LogP contribution in [-0.4, -0.2) is 23.9 Å². The molecule has 1 amide bonds. The minimum Gasteiger partial charge on any atom is -0.354 e. The summed E-state index contributed by atoms with van der Waals surface area (Å²) in [6.07, 6.45) is 3.95. The topological polar surface area (TPSA) is 44.4 Å². The molecule has 3 aromatic carbocycles. The van der Waals surface area contributed by atoms with Crippen LogP contribution in [0.4, 0.5) is 11.4 Å². The lowest BCUT2D eigenvalue weighted by molar-refractivity contribution is -0.110. The fraction of sp³-hybridized carbons (Fsp3) is 0.222. The summed E-state index contributed by atoms with van der Waals surface area (Å²) >= 11 is 3.50. The van der Waals surface area contributed by atoms with E-state index in [9.17, 15) is 4.79 Å². The summed E-state index contributed by atoms with van der Waals surface area (Å²) in [5, 5.41) is 6.55. The summed E-state index contributed by atoms with van der Waals surface area (Å²) in [6, 6.07) is 24.5. The Morgan fingerprint density at radius 1 is 0.938 bits per heavy atom. The first-order chi connectivity index (χ1) is 15.7. The van der Waals surface area contributed by atoms with Crippen molar-refractivity contribution in [1.29, 1.82) is 0 Å². The number of benzene rings is 3. The van der Waals surface area contributed by atoms with Gasteiger partial charge in [-0.2, -0.15) is 0 Å². The molecule has 5 rings (SSSR count). The number of nitrogens with zero attached hydrogens (tertiary/aromatic N) is 1. The van der Waals surface area contributed by atoms with Gasteiger partial charge in [0.1, 0.15) is 0 Å². The Hall–Kier alpha value is -2.89. The van der Waals surface area contributed by atoms with Crippen LogP contribution in [-0.2, 0) is 11.3 Å². The van der Waals surface area contributed by atoms with Crippen molar-refractivity contribution >= 4 is 44.5 Å². The standard InChI is InChI=1S/C27H26BrN3O/c28-21-11-14-23-24(17-21)30-27(32)25(23)26(20-7-3-1-4-8-20)29-22-12-9-19(10-13-22)18-31-15-5-2-6-16-31/h1,3-4,7-14,17,29H,2,5-6,15-16,18H2,(H,30,32). The molecule has 2 heterocycles. The minimum atomic E-state index is -0.0915. The van der Waals surface area contributed by atoms with Gasteiger partial charge in [0.05, 0.1) is 17.0 Å². The van der Waals surface area contributed by atoms with E-state index in [2.05, 4.69) is 55.7 Å². The predicted molar refractivity (Wildman–Crippen MR) is 135 cm³/mol. The first-order valence-corrected chi connectivity index (χ1v) is 12.0. The number of hydrogen-bond donors (Lipinski definition) is 2. The van der Waals surface area contributed by atoms with Gasteiger partial charge in [-0.25, -0.2) is 0 Å². The minimum absolute atomic E-state index is 0.0915. The van der Waals surface area contributed by atoms with Crippen LogP contribution in [0.3, 0.4) is 0 Å². The third-order valence-corrected chi connectivity index (χ3v) is 6.61. The van der Waals surface area contributed by atoms with Crippen molar-refractivity contribution in [2.45, 2.75) is 25.8 Å². The first-order valence-electron chi connectivity index (χ1n) is 11.2. The molecule has 5 heteroatoms. The zero-order chi connectivity index (χ0) is 21.9. The molecule has 2 aliphatic rings. The number of anilines is 2. The molecule has 2 aliphatic heterocycles. The Morgan fingerprint density at radius 2 is 1.69 bits per heavy atom. The quantitative estimate of drug-likeness (QED) is 0.411. The zero-order valence-electron chi connectivity index (χ0n) is 17.9. The van der Waals surface area contributed by atoms with Crippen molar-refractivity contribution in [3.8, 4) is 0 Å². The molecule has 0 aromatic heterocycles. The Bertz CT molecular complexity index is 1150. The molecule has 3 aromatic rings. The number of nitrogens with one attached hydrogen (secondary N) is 2. The van der Waals surface area contributed by atoms with E-state index in [1.807, 2.05) is 48.5 Å². The van der Waals surface area contributed by atoms with Crippen LogP contribution in [0.15, 0.2) is 77.3 Å². The summed E-state index contributed by atoms with van der Waals surface area (Å²) in [4.78, 5) is 15.5. The second-order valence-electron chi connectivity index (χ2n) is 8.42. The van der Waals surface area contributed by atoms with Gasteiger partial charge in [-0.1, -0.05) is 70.9 Å². The number of rotatable bonds is 5. The molecule has 0 radical (unpaired) electrons. The third kappa shape index (κ3) is 4.50. The SMILES string of the molecule is O=C1Nc2cc(Br)ccc2C1=C(Nc1ccc(CN2CCCCC2)cc1)c1ccccc1. The van der Waals surface area contributed by atoms with E-state index in [0.717, 1.165) is 39.2 Å². The predicted octanol–water partition coefficient (Wildman–Crippen LogP) is 6.37. The molecule has 0 saturated carbocycles. The van der Waals surface area contributed by atoms with E-state index in [0.29, 0.717) is 5.57 Å². The molecular formula is C27H26BrN3O. The van der Waals surface area contributed by atoms with E-state index in [4.69, 9.17) is 0 Å². The summed E-state index contributed by atoms with van der Waals surface area (Å²) in [5.41, 5.74) is 6.48. The molecular weight excluding hydrogens is 462 g/mol. The number of hydrogen-bond acceptors (Lipinski definition) is 3. The van der Waals surface area contributed by atoms with Gasteiger partial charge in [-0.15, -0.1) is 0 Å². The summed E-state index contributed by atoms with van der Waals surface area (Å²) in [6.45, 7) is 3.38. The fourth-order valence-corrected chi connectivity index (χ4v) is 4.85. The van der Waals surface area contributed by atoms with Gasteiger partial charge in [0.25, 0.3) is 5.91 Å². The fourth-order valence-electron chi connectivity index (χ4n) is 4.49. The lowest BCUT2D eigenvalue weighted by atomic mass is 10.00. The Labute approximate surface area is 197 Å². The Kier molecular flexibility index (Phi) is 6.10. The number of carbonyl (C=O) groups excluding carboxylic acids is 1. The van der Waals surface area contributed by atoms with Gasteiger partial charge in [-0.05, 0) is 61.3 Å². The molecule has 0 atom stereocenters. The van der Waals surface area contributed by atoms with Gasteiger partial charge in [-0.3, -0.25) is 9.69 Å². The highest BCUT2D eigenvalue weighted by atomic mass is 79.9. The lowest BCUT2D eigenvalue weighted by Gasteiger charge is -2.26. The van der Waals surface area contributed by atoms with Gasteiger partial charge in [0, 0.05) is 22.3 Å². The van der Waals surface area contributed by atoms with E-state index in [-0.39, 0.29) is 5.91 Å². The van der Waals surface area contributed by atoms with Crippen molar-refractivity contribution in [2.24, 2.45) is 0 Å². The average Bonchev–Trinajstić information content (AvgIpc) is 3.14. The van der Waals surface area contributed by atoms with Crippen LogP contribution >= 0.6 is 15.9 Å². The summed E-state index contributed by atoms with van der Waals surface area (Å²) in [7, 11) is 0. The molecule has 1 saturated heterocycles. The van der Waals surface area contributed by atoms with Crippen molar-refractivity contribution in [2.75, 3.05) is 23.7 Å². The maximum Gasteiger partial charge on any atom is 0.258 e. The van der Waals surface area contributed by atoms with Gasteiger partial charge < -0.3 is 10.6 Å². The van der Waals surface area contributed by atoms with E-state index < -0.39 is 0 Å². The molecule has 0 bridgehead atoms. The van der Waals surface area contributed by atoms with Gasteiger partial charge in [0.15, 0.2) is 0 Å². The van der Waals surface area contributed by atoms with Crippen LogP contribution in [0, 0.1) is 0 Å². The highest BCUT2D eigenvalue weighted by Crippen LogP contribution is 2.38. The van der Waals surface area contributed by atoms with Crippen LogP contribution in [0.5, 0.6) is 0 Å². The van der Waals surface area contributed by atoms with Crippen molar-refractivity contribution < 1.29 is 4.79 Å². The molecule has 0 unspecified atom stereocenters. The number of fused-ring (bicyclic) bond motifs is 1. The highest BCUT2D eigenvalue weighted by molar-refractivity contribution is 9.10. The van der Waals surface area contributed by atoms with Crippen LogP contribution in [0.2, 0.25) is 0 Å². The molecule has 1 fully saturated rings. The number of likely N-dealkylation sites (tertiary alicyclic amines) is 1. The smallest absolute Gasteiger partial charge is 0.258 e. The zero-order valence-corrected chi connectivity index (χ0v) is 19.5. The summed E-state index contributed by atoms with van der Waals surface area (Å²) in [5.74, 6) is -0.0915. The third-order valence-electron chi connectivity index (χ3n) is 6.12. The monoisotopic (exact) mass is 487 g/mol. The Balaban J connectivity index is 1.47. The van der Waals surface area contributed by atoms with Crippen LogP contribution < -0.4 is 10.6 Å². The number of piperidine rings is 1. The largest absolute Gasteiger partial charge is 0.354 e. The van der Waals surface area contributed by atoms with Crippen LogP contribution in [0.25, 0.3) is 11.3 Å². The summed E-state index contributed by atoms with van der Waals surface area (Å²) < 4.78 is 0.941. The van der Waals surface area contributed by atoms with Crippen molar-refractivity contribution in [3.05, 3.63) is 94.0 Å². The number of carbonyl (C=O) groups is 1. The molecule has 2 N–H and O–H groups in total. The second kappa shape index (κ2) is 9.31. The molecule has 4 nitrogen and oxygen atoms in total. The van der Waals surface area contributed by atoms with E-state index in [1.54, 1.807) is 0 Å². The van der Waals surface area contributed by atoms with Crippen LogP contribution in [0.1, 0.15) is 36.0 Å². The molecule has 0 aliphatic carbocycles. The van der Waals surface area contributed by atoms with Crippen molar-refractivity contribution in [3.63, 3.8) is 0 Å². The van der Waals surface area contributed by atoms with E-state index in [1.165, 1.54) is 37.9 Å². The number of amides is 1. The normalized spacial score (nSPS) is 17.6. The van der Waals surface area contributed by atoms with Gasteiger partial charge >= 0.3 is 0 Å². The molecule has 0 spiro atoms. The van der Waals surface area contributed by atoms with E-state index >= 15 is 0 Å². The lowest BCUT2D eigenvalue weighted by Crippen LogP contribution is -2.29. The molecule has 162 valence electrons. The Morgan fingerprint density at radius 3 is 2.44 bits per heavy atom. The maximum absolute atomic E-state index is 13.0. The molecule has 32 heavy (non-hydrogen) atoms. The highest BCUT2D eigenvalue weighted by Gasteiger charge is 2.28. The first kappa shape index (κ1) is 21.0.